The van der Waals surface area contributed by atoms with Gasteiger partial charge in [0.25, 0.3) is 0 Å². The Bertz CT molecular complexity index is 988. The number of fused-ring (bicyclic) bond motifs is 1. The maximum absolute atomic E-state index is 12.3. The van der Waals surface area contributed by atoms with Crippen molar-refractivity contribution in [1.29, 1.82) is 0 Å². The summed E-state index contributed by atoms with van der Waals surface area (Å²) in [6.07, 6.45) is 2.90. The summed E-state index contributed by atoms with van der Waals surface area (Å²) >= 11 is 0. The van der Waals surface area contributed by atoms with Gasteiger partial charge in [0.2, 0.25) is 5.91 Å². The van der Waals surface area contributed by atoms with Gasteiger partial charge in [0.05, 0.1) is 24.7 Å². The Morgan fingerprint density at radius 2 is 1.87 bits per heavy atom. The number of hydrogen-bond donors (Lipinski definition) is 1. The molecule has 1 amide bonds. The maximum Gasteiger partial charge on any atom is 0.234 e. The number of para-hydroxylation sites is 2. The summed E-state index contributed by atoms with van der Waals surface area (Å²) in [5.74, 6) is 2.58. The number of nitrogens with zero attached hydrogens (tertiary/aromatic N) is 3. The zero-order valence-electron chi connectivity index (χ0n) is 17.8. The molecule has 1 saturated heterocycles. The van der Waals surface area contributed by atoms with E-state index < -0.39 is 0 Å². The van der Waals surface area contributed by atoms with E-state index >= 15 is 0 Å². The van der Waals surface area contributed by atoms with Gasteiger partial charge in [-0.2, -0.15) is 0 Å². The average Bonchev–Trinajstić information content (AvgIpc) is 3.11. The minimum atomic E-state index is 0.102. The van der Waals surface area contributed by atoms with Crippen LogP contribution < -0.4 is 10.1 Å². The first-order valence-electron chi connectivity index (χ1n) is 10.7. The highest BCUT2D eigenvalue weighted by Crippen LogP contribution is 2.29. The zero-order chi connectivity index (χ0) is 20.9. The van der Waals surface area contributed by atoms with Crippen LogP contribution in [0.1, 0.15) is 30.1 Å². The van der Waals surface area contributed by atoms with Gasteiger partial charge in [-0.05, 0) is 62.2 Å². The standard InChI is InChI=1S/C24H30N4O2/c1-27-22-6-4-3-5-21(22)26-24(27)19-12-15-28(16-13-19)17-23(29)25-14-11-18-7-9-20(30-2)10-8-18/h3-10,19H,11-17H2,1-2H3,(H,25,29). The molecular weight excluding hydrogens is 376 g/mol. The fourth-order valence-corrected chi connectivity index (χ4v) is 4.28. The molecule has 0 unspecified atom stereocenters. The fraction of sp³-hybridized carbons (Fsp3) is 0.417. The normalized spacial score (nSPS) is 15.4. The Balaban J connectivity index is 1.22. The quantitative estimate of drug-likeness (QED) is 0.655. The zero-order valence-corrected chi connectivity index (χ0v) is 17.8. The Morgan fingerprint density at radius 3 is 2.57 bits per heavy atom. The van der Waals surface area contributed by atoms with Crippen LogP contribution in [0.2, 0.25) is 0 Å². The molecule has 1 fully saturated rings. The summed E-state index contributed by atoms with van der Waals surface area (Å²) in [4.78, 5) is 19.4. The molecule has 6 nitrogen and oxygen atoms in total. The summed E-state index contributed by atoms with van der Waals surface area (Å²) in [5, 5.41) is 3.05. The molecule has 0 radical (unpaired) electrons. The van der Waals surface area contributed by atoms with Gasteiger partial charge in [0, 0.05) is 19.5 Å². The predicted molar refractivity (Wildman–Crippen MR) is 119 cm³/mol. The number of methoxy groups -OCH3 is 1. The van der Waals surface area contributed by atoms with Crippen LogP contribution in [0.3, 0.4) is 0 Å². The molecule has 2 heterocycles. The van der Waals surface area contributed by atoms with Crippen LogP contribution in [0.25, 0.3) is 11.0 Å². The topological polar surface area (TPSA) is 59.4 Å². The molecule has 0 aliphatic carbocycles. The molecule has 4 rings (SSSR count). The third-order valence-electron chi connectivity index (χ3n) is 6.04. The van der Waals surface area contributed by atoms with Crippen LogP contribution in [0, 0.1) is 0 Å². The molecule has 1 N–H and O–H groups in total. The molecule has 2 aromatic carbocycles. The summed E-state index contributed by atoms with van der Waals surface area (Å²) in [7, 11) is 3.77. The maximum atomic E-state index is 12.3. The molecule has 30 heavy (non-hydrogen) atoms. The molecule has 3 aromatic rings. The molecule has 1 aromatic heterocycles. The van der Waals surface area contributed by atoms with Crippen LogP contribution >= 0.6 is 0 Å². The lowest BCUT2D eigenvalue weighted by Gasteiger charge is -2.31. The van der Waals surface area contributed by atoms with E-state index in [1.54, 1.807) is 7.11 Å². The number of imidazole rings is 1. The summed E-state index contributed by atoms with van der Waals surface area (Å²) in [6.45, 7) is 2.99. The number of hydrogen-bond acceptors (Lipinski definition) is 4. The van der Waals surface area contributed by atoms with E-state index in [9.17, 15) is 4.79 Å². The fourth-order valence-electron chi connectivity index (χ4n) is 4.28. The van der Waals surface area contributed by atoms with Gasteiger partial charge >= 0.3 is 0 Å². The van der Waals surface area contributed by atoms with E-state index in [2.05, 4.69) is 40.0 Å². The van der Waals surface area contributed by atoms with Crippen molar-refractivity contribution in [3.8, 4) is 5.75 Å². The molecular formula is C24H30N4O2. The van der Waals surface area contributed by atoms with Crippen molar-refractivity contribution in [2.24, 2.45) is 7.05 Å². The lowest BCUT2D eigenvalue weighted by atomic mass is 9.96. The predicted octanol–water partition coefficient (Wildman–Crippen LogP) is 3.12. The van der Waals surface area contributed by atoms with Crippen molar-refractivity contribution in [2.45, 2.75) is 25.2 Å². The lowest BCUT2D eigenvalue weighted by Crippen LogP contribution is -2.41. The number of aryl methyl sites for hydroxylation is 1. The van der Waals surface area contributed by atoms with Crippen molar-refractivity contribution in [1.82, 2.24) is 19.8 Å². The van der Waals surface area contributed by atoms with Gasteiger partial charge in [-0.15, -0.1) is 0 Å². The summed E-state index contributed by atoms with van der Waals surface area (Å²) < 4.78 is 7.40. The van der Waals surface area contributed by atoms with Crippen molar-refractivity contribution >= 4 is 16.9 Å². The van der Waals surface area contributed by atoms with Crippen molar-refractivity contribution in [3.63, 3.8) is 0 Å². The number of rotatable bonds is 7. The molecule has 1 aliphatic rings. The molecule has 1 aliphatic heterocycles. The molecule has 0 bridgehead atoms. The van der Waals surface area contributed by atoms with Gasteiger partial charge in [-0.3, -0.25) is 9.69 Å². The van der Waals surface area contributed by atoms with E-state index in [4.69, 9.17) is 9.72 Å². The summed E-state index contributed by atoms with van der Waals surface area (Å²) in [5.41, 5.74) is 3.44. The number of nitrogens with one attached hydrogen (secondary N) is 1. The number of carbonyl (C=O) groups is 1. The number of ether oxygens (including phenoxy) is 1. The van der Waals surface area contributed by atoms with Crippen molar-refractivity contribution in [2.75, 3.05) is 33.3 Å². The van der Waals surface area contributed by atoms with Crippen molar-refractivity contribution < 1.29 is 9.53 Å². The molecule has 0 atom stereocenters. The number of likely N-dealkylation sites (tertiary alicyclic amines) is 1. The number of piperidine rings is 1. The Hall–Kier alpha value is -2.86. The van der Waals surface area contributed by atoms with Crippen molar-refractivity contribution in [3.05, 3.63) is 59.9 Å². The van der Waals surface area contributed by atoms with Gasteiger partial charge < -0.3 is 14.6 Å². The Kier molecular flexibility index (Phi) is 6.33. The second-order valence-corrected chi connectivity index (χ2v) is 8.02. The summed E-state index contributed by atoms with van der Waals surface area (Å²) in [6, 6.07) is 16.3. The largest absolute Gasteiger partial charge is 0.497 e. The first-order chi connectivity index (χ1) is 14.6. The highest BCUT2D eigenvalue weighted by molar-refractivity contribution is 5.78. The average molecular weight is 407 g/mol. The first-order valence-corrected chi connectivity index (χ1v) is 10.7. The monoisotopic (exact) mass is 406 g/mol. The third-order valence-corrected chi connectivity index (χ3v) is 6.04. The van der Waals surface area contributed by atoms with Crippen LogP contribution in [0.4, 0.5) is 0 Å². The van der Waals surface area contributed by atoms with E-state index in [0.717, 1.165) is 43.6 Å². The second kappa shape index (κ2) is 9.30. The number of carbonyl (C=O) groups excluding carboxylic acids is 1. The second-order valence-electron chi connectivity index (χ2n) is 8.02. The smallest absolute Gasteiger partial charge is 0.234 e. The number of aromatic nitrogens is 2. The van der Waals surface area contributed by atoms with Gasteiger partial charge in [-0.1, -0.05) is 24.3 Å². The highest BCUT2D eigenvalue weighted by Gasteiger charge is 2.25. The molecule has 0 spiro atoms. The third kappa shape index (κ3) is 4.65. The van der Waals surface area contributed by atoms with Crippen LogP contribution in [-0.4, -0.2) is 53.6 Å². The SMILES string of the molecule is COc1ccc(CCNC(=O)CN2CCC(c3nc4ccccc4n3C)CC2)cc1. The van der Waals surface area contributed by atoms with Crippen LogP contribution in [0.5, 0.6) is 5.75 Å². The first kappa shape index (κ1) is 20.4. The minimum absolute atomic E-state index is 0.102. The van der Waals surface area contributed by atoms with E-state index in [1.165, 1.54) is 16.9 Å². The molecule has 158 valence electrons. The number of benzene rings is 2. The van der Waals surface area contributed by atoms with Gasteiger partial charge in [0.15, 0.2) is 0 Å². The highest BCUT2D eigenvalue weighted by atomic mass is 16.5. The van der Waals surface area contributed by atoms with Crippen LogP contribution in [-0.2, 0) is 18.3 Å². The Morgan fingerprint density at radius 1 is 1.13 bits per heavy atom. The number of amides is 1. The van der Waals surface area contributed by atoms with Crippen LogP contribution in [0.15, 0.2) is 48.5 Å². The molecule has 0 saturated carbocycles. The minimum Gasteiger partial charge on any atom is -0.497 e. The van der Waals surface area contributed by atoms with E-state index in [0.29, 0.717) is 19.0 Å². The van der Waals surface area contributed by atoms with E-state index in [1.807, 2.05) is 30.3 Å². The lowest BCUT2D eigenvalue weighted by molar-refractivity contribution is -0.122. The van der Waals surface area contributed by atoms with E-state index in [-0.39, 0.29) is 5.91 Å². The Labute approximate surface area is 177 Å². The van der Waals surface area contributed by atoms with Gasteiger partial charge in [-0.25, -0.2) is 4.98 Å². The van der Waals surface area contributed by atoms with Gasteiger partial charge in [0.1, 0.15) is 11.6 Å². The molecule has 6 heteroatoms.